The van der Waals surface area contributed by atoms with Gasteiger partial charge in [-0.1, -0.05) is 24.3 Å². The van der Waals surface area contributed by atoms with E-state index in [-0.39, 0.29) is 24.0 Å². The van der Waals surface area contributed by atoms with Crippen molar-refractivity contribution in [2.24, 2.45) is 0 Å². The summed E-state index contributed by atoms with van der Waals surface area (Å²) in [6, 6.07) is 7.60. The summed E-state index contributed by atoms with van der Waals surface area (Å²) in [4.78, 5) is 24.8. The summed E-state index contributed by atoms with van der Waals surface area (Å²) in [6.07, 6.45) is 3.23. The fourth-order valence-corrected chi connectivity index (χ4v) is 2.75. The van der Waals surface area contributed by atoms with Gasteiger partial charge in [0.1, 0.15) is 0 Å². The van der Waals surface area contributed by atoms with Gasteiger partial charge in [0.2, 0.25) is 0 Å². The van der Waals surface area contributed by atoms with Gasteiger partial charge in [0.05, 0.1) is 12.1 Å². The third kappa shape index (κ3) is 1.49. The number of fused-ring (bicyclic) bond motifs is 1. The first-order chi connectivity index (χ1) is 8.72. The van der Waals surface area contributed by atoms with Crippen LogP contribution in [0.5, 0.6) is 0 Å². The zero-order chi connectivity index (χ0) is 12.7. The van der Waals surface area contributed by atoms with Crippen LogP contribution in [-0.4, -0.2) is 23.8 Å². The second-order valence-corrected chi connectivity index (χ2v) is 4.48. The topological polar surface area (TPSA) is 46.6 Å². The van der Waals surface area contributed by atoms with E-state index in [0.29, 0.717) is 6.42 Å². The van der Waals surface area contributed by atoms with Gasteiger partial charge in [-0.25, -0.2) is 0 Å². The van der Waals surface area contributed by atoms with E-state index >= 15 is 0 Å². The van der Waals surface area contributed by atoms with E-state index in [1.54, 1.807) is 7.11 Å². The number of nitrogens with zero attached hydrogens (tertiary/aromatic N) is 1. The van der Waals surface area contributed by atoms with Crippen molar-refractivity contribution in [1.29, 1.82) is 0 Å². The zero-order valence-electron chi connectivity index (χ0n) is 10.00. The quantitative estimate of drug-likeness (QED) is 0.743. The molecule has 2 atom stereocenters. The molecule has 2 aliphatic rings. The van der Waals surface area contributed by atoms with Gasteiger partial charge in [0.15, 0.2) is 0 Å². The maximum Gasteiger partial charge on any atom is 0.254 e. The molecule has 1 aromatic rings. The largest absolute Gasteiger partial charge is 0.377 e. The van der Waals surface area contributed by atoms with Crippen LogP contribution in [0.2, 0.25) is 0 Å². The number of hydrogen-bond donors (Lipinski definition) is 0. The number of ether oxygens (including phenoxy) is 1. The Bertz CT molecular complexity index is 532. The van der Waals surface area contributed by atoms with Gasteiger partial charge in [-0.05, 0) is 11.1 Å². The lowest BCUT2D eigenvalue weighted by molar-refractivity contribution is -0.140. The van der Waals surface area contributed by atoms with E-state index in [1.807, 2.05) is 24.3 Å². The Balaban J connectivity index is 2.01. The smallest absolute Gasteiger partial charge is 0.254 e. The molecule has 18 heavy (non-hydrogen) atoms. The molecule has 1 aliphatic heterocycles. The fraction of sp³-hybridized carbons (Fsp3) is 0.286. The second-order valence-electron chi connectivity index (χ2n) is 4.48. The molecule has 0 spiro atoms. The first kappa shape index (κ1) is 11.2. The molecule has 0 fully saturated rings. The normalized spacial score (nSPS) is 25.9. The fourth-order valence-electron chi connectivity index (χ4n) is 2.75. The van der Waals surface area contributed by atoms with Gasteiger partial charge in [0.25, 0.3) is 11.8 Å². The van der Waals surface area contributed by atoms with E-state index in [1.165, 1.54) is 17.1 Å². The number of imide groups is 1. The molecule has 92 valence electrons. The summed E-state index contributed by atoms with van der Waals surface area (Å²) in [7, 11) is 1.65. The predicted molar refractivity (Wildman–Crippen MR) is 64.5 cm³/mol. The first-order valence-corrected chi connectivity index (χ1v) is 5.89. The van der Waals surface area contributed by atoms with Gasteiger partial charge in [-0.15, -0.1) is 0 Å². The van der Waals surface area contributed by atoms with Crippen molar-refractivity contribution in [2.75, 3.05) is 7.11 Å². The maximum absolute atomic E-state index is 11.8. The molecule has 0 unspecified atom stereocenters. The highest BCUT2D eigenvalue weighted by molar-refractivity contribution is 6.13. The Morgan fingerprint density at radius 2 is 1.72 bits per heavy atom. The van der Waals surface area contributed by atoms with Crippen molar-refractivity contribution < 1.29 is 14.3 Å². The molecule has 0 saturated carbocycles. The number of benzene rings is 1. The first-order valence-electron chi connectivity index (χ1n) is 5.89. The summed E-state index contributed by atoms with van der Waals surface area (Å²) in [5.41, 5.74) is 2.08. The highest BCUT2D eigenvalue weighted by atomic mass is 16.5. The van der Waals surface area contributed by atoms with Crippen LogP contribution in [0.4, 0.5) is 0 Å². The van der Waals surface area contributed by atoms with Gasteiger partial charge in [0, 0.05) is 25.7 Å². The lowest BCUT2D eigenvalue weighted by atomic mass is 10.1. The lowest BCUT2D eigenvalue weighted by Crippen LogP contribution is -2.33. The van der Waals surface area contributed by atoms with E-state index < -0.39 is 0 Å². The summed E-state index contributed by atoms with van der Waals surface area (Å²) >= 11 is 0. The molecule has 0 aromatic heterocycles. The molecule has 4 nitrogen and oxygen atoms in total. The average Bonchev–Trinajstić information content (AvgIpc) is 2.90. The molecule has 1 heterocycles. The molecule has 1 aliphatic carbocycles. The molecule has 3 rings (SSSR count). The Hall–Kier alpha value is -1.94. The molecule has 0 bridgehead atoms. The van der Waals surface area contributed by atoms with Crippen LogP contribution in [0.1, 0.15) is 29.7 Å². The van der Waals surface area contributed by atoms with Crippen molar-refractivity contribution in [3.05, 3.63) is 47.5 Å². The standard InChI is InChI=1S/C14H13NO3/c1-18-12-8-11(9-4-2-3-5-10(9)12)15-13(16)6-7-14(15)17/h2-7,11-12H,8H2,1H3/t11-,12-/m0/s1. The van der Waals surface area contributed by atoms with Crippen LogP contribution in [0.3, 0.4) is 0 Å². The van der Waals surface area contributed by atoms with Crippen LogP contribution in [0.25, 0.3) is 0 Å². The number of carbonyl (C=O) groups excluding carboxylic acids is 2. The van der Waals surface area contributed by atoms with Crippen LogP contribution < -0.4 is 0 Å². The molecule has 0 N–H and O–H groups in total. The third-order valence-corrected chi connectivity index (χ3v) is 3.58. The lowest BCUT2D eigenvalue weighted by Gasteiger charge is -2.22. The maximum atomic E-state index is 11.8. The van der Waals surface area contributed by atoms with Crippen molar-refractivity contribution >= 4 is 11.8 Å². The number of methoxy groups -OCH3 is 1. The Morgan fingerprint density at radius 3 is 2.33 bits per heavy atom. The summed E-state index contributed by atoms with van der Waals surface area (Å²) < 4.78 is 5.43. The van der Waals surface area contributed by atoms with Crippen LogP contribution >= 0.6 is 0 Å². The van der Waals surface area contributed by atoms with Crippen LogP contribution in [0, 0.1) is 0 Å². The Kier molecular flexibility index (Phi) is 2.52. The summed E-state index contributed by atoms with van der Waals surface area (Å²) in [5.74, 6) is -0.479. The number of carbonyl (C=O) groups is 2. The minimum Gasteiger partial charge on any atom is -0.377 e. The molecule has 1 aromatic carbocycles. The molecular formula is C14H13NO3. The Labute approximate surface area is 105 Å². The third-order valence-electron chi connectivity index (χ3n) is 3.58. The van der Waals surface area contributed by atoms with Crippen molar-refractivity contribution in [1.82, 2.24) is 4.90 Å². The SMILES string of the molecule is CO[C@H]1C[C@H](N2C(=O)C=CC2=O)c2ccccc21. The van der Waals surface area contributed by atoms with E-state index in [2.05, 4.69) is 0 Å². The van der Waals surface area contributed by atoms with E-state index in [9.17, 15) is 9.59 Å². The zero-order valence-corrected chi connectivity index (χ0v) is 10.00. The monoisotopic (exact) mass is 243 g/mol. The van der Waals surface area contributed by atoms with Gasteiger partial charge in [-0.2, -0.15) is 0 Å². The highest BCUT2D eigenvalue weighted by Crippen LogP contribution is 2.44. The molecule has 2 amide bonds. The predicted octanol–water partition coefficient (Wildman–Crippen LogP) is 1.74. The van der Waals surface area contributed by atoms with Gasteiger partial charge >= 0.3 is 0 Å². The van der Waals surface area contributed by atoms with Crippen molar-refractivity contribution in [2.45, 2.75) is 18.6 Å². The number of amides is 2. The van der Waals surface area contributed by atoms with Crippen molar-refractivity contribution in [3.8, 4) is 0 Å². The van der Waals surface area contributed by atoms with Gasteiger partial charge in [-0.3, -0.25) is 14.5 Å². The molecule has 0 radical (unpaired) electrons. The van der Waals surface area contributed by atoms with E-state index in [0.717, 1.165) is 11.1 Å². The molecule has 0 saturated heterocycles. The minimum atomic E-state index is -0.239. The summed E-state index contributed by atoms with van der Waals surface area (Å²) in [5, 5.41) is 0. The van der Waals surface area contributed by atoms with Crippen molar-refractivity contribution in [3.63, 3.8) is 0 Å². The summed E-state index contributed by atoms with van der Waals surface area (Å²) in [6.45, 7) is 0. The highest BCUT2D eigenvalue weighted by Gasteiger charge is 2.40. The van der Waals surface area contributed by atoms with E-state index in [4.69, 9.17) is 4.74 Å². The second kappa shape index (κ2) is 4.07. The Morgan fingerprint density at radius 1 is 1.11 bits per heavy atom. The van der Waals surface area contributed by atoms with Crippen LogP contribution in [-0.2, 0) is 14.3 Å². The van der Waals surface area contributed by atoms with Gasteiger partial charge < -0.3 is 4.74 Å². The van der Waals surface area contributed by atoms with Crippen LogP contribution in [0.15, 0.2) is 36.4 Å². The number of rotatable bonds is 2. The molecular weight excluding hydrogens is 230 g/mol. The molecule has 4 heteroatoms. The number of hydrogen-bond acceptors (Lipinski definition) is 3. The average molecular weight is 243 g/mol. The minimum absolute atomic E-state index is 0.0487.